The third-order valence-corrected chi connectivity index (χ3v) is 3.38. The summed E-state index contributed by atoms with van der Waals surface area (Å²) in [5.41, 5.74) is 14.8. The molecule has 2 heterocycles. The van der Waals surface area contributed by atoms with Crippen LogP contribution in [-0.2, 0) is 6.42 Å². The summed E-state index contributed by atoms with van der Waals surface area (Å²) >= 11 is 0. The van der Waals surface area contributed by atoms with Gasteiger partial charge in [-0.15, -0.1) is 0 Å². The highest BCUT2D eigenvalue weighted by atomic mass is 16.5. The van der Waals surface area contributed by atoms with Crippen LogP contribution in [0.1, 0.15) is 5.56 Å². The molecule has 104 valence electrons. The maximum absolute atomic E-state index is 5.98. The van der Waals surface area contributed by atoms with Crippen molar-refractivity contribution in [3.8, 4) is 22.9 Å². The number of hydrogen-bond acceptors (Lipinski definition) is 6. The van der Waals surface area contributed by atoms with Crippen molar-refractivity contribution in [2.45, 2.75) is 18.7 Å². The Labute approximate surface area is 116 Å². The number of fused-ring (bicyclic) bond motifs is 1. The van der Waals surface area contributed by atoms with Crippen LogP contribution in [0.25, 0.3) is 11.1 Å². The molecule has 4 N–H and O–H groups in total. The maximum atomic E-state index is 5.98. The Hall–Kier alpha value is -2.18. The molecule has 0 radical (unpaired) electrons. The molecule has 0 fully saturated rings. The van der Waals surface area contributed by atoms with Crippen LogP contribution in [0.5, 0.6) is 11.8 Å². The summed E-state index contributed by atoms with van der Waals surface area (Å²) in [4.78, 5) is 8.25. The summed E-state index contributed by atoms with van der Waals surface area (Å²) in [6.45, 7) is 0. The maximum Gasteiger partial charge on any atom is 0.316 e. The lowest BCUT2D eigenvalue weighted by Crippen LogP contribution is -2.49. The molecule has 2 aromatic rings. The minimum absolute atomic E-state index is 0.220. The average molecular weight is 272 g/mol. The largest absolute Gasteiger partial charge is 0.474 e. The zero-order valence-corrected chi connectivity index (χ0v) is 11.1. The van der Waals surface area contributed by atoms with E-state index in [0.717, 1.165) is 22.4 Å². The first-order chi connectivity index (χ1) is 9.69. The van der Waals surface area contributed by atoms with Gasteiger partial charge in [0.05, 0.1) is 13.2 Å². The van der Waals surface area contributed by atoms with E-state index in [9.17, 15) is 0 Å². The summed E-state index contributed by atoms with van der Waals surface area (Å²) in [7, 11) is 1.54. The molecular weight excluding hydrogens is 256 g/mol. The van der Waals surface area contributed by atoms with E-state index in [1.54, 1.807) is 12.4 Å². The van der Waals surface area contributed by atoms with Gasteiger partial charge in [-0.1, -0.05) is 12.1 Å². The molecule has 1 aromatic carbocycles. The van der Waals surface area contributed by atoms with Gasteiger partial charge in [-0.2, -0.15) is 0 Å². The fourth-order valence-electron chi connectivity index (χ4n) is 2.30. The number of aromatic nitrogens is 2. The van der Waals surface area contributed by atoms with Crippen LogP contribution in [0.4, 0.5) is 0 Å². The average Bonchev–Trinajstić information content (AvgIpc) is 2.48. The van der Waals surface area contributed by atoms with Crippen molar-refractivity contribution in [3.05, 3.63) is 36.2 Å². The number of ether oxygens (including phenoxy) is 2. The molecule has 3 rings (SSSR count). The second-order valence-electron chi connectivity index (χ2n) is 4.69. The van der Waals surface area contributed by atoms with Gasteiger partial charge in [-0.25, -0.2) is 9.97 Å². The van der Waals surface area contributed by atoms with Gasteiger partial charge in [0, 0.05) is 23.5 Å². The van der Waals surface area contributed by atoms with Crippen LogP contribution in [0.3, 0.4) is 0 Å². The highest BCUT2D eigenvalue weighted by Gasteiger charge is 2.26. The number of methoxy groups -OCH3 is 1. The third-order valence-electron chi connectivity index (χ3n) is 3.38. The lowest BCUT2D eigenvalue weighted by molar-refractivity contribution is 0.158. The van der Waals surface area contributed by atoms with Crippen LogP contribution in [0.2, 0.25) is 0 Å². The molecule has 1 aliphatic rings. The Morgan fingerprint density at radius 3 is 2.70 bits per heavy atom. The quantitative estimate of drug-likeness (QED) is 0.835. The monoisotopic (exact) mass is 272 g/mol. The SMILES string of the molecule is COc1ncc(-c2cccc3c2C[C@H](N)C(N)O3)cn1. The lowest BCUT2D eigenvalue weighted by Gasteiger charge is -2.29. The van der Waals surface area contributed by atoms with Crippen LogP contribution in [-0.4, -0.2) is 29.3 Å². The van der Waals surface area contributed by atoms with E-state index in [0.29, 0.717) is 12.4 Å². The minimum Gasteiger partial charge on any atom is -0.474 e. The summed E-state index contributed by atoms with van der Waals surface area (Å²) in [5.74, 6) is 0.771. The first kappa shape index (κ1) is 12.8. The van der Waals surface area contributed by atoms with Gasteiger partial charge in [0.15, 0.2) is 6.23 Å². The topological polar surface area (TPSA) is 96.3 Å². The lowest BCUT2D eigenvalue weighted by atomic mass is 9.93. The molecular formula is C14H16N4O2. The third kappa shape index (κ3) is 2.19. The van der Waals surface area contributed by atoms with Gasteiger partial charge in [-0.05, 0) is 18.1 Å². The number of nitrogens with zero attached hydrogens (tertiary/aromatic N) is 2. The van der Waals surface area contributed by atoms with Crippen molar-refractivity contribution in [1.82, 2.24) is 9.97 Å². The molecule has 0 saturated carbocycles. The second-order valence-corrected chi connectivity index (χ2v) is 4.69. The van der Waals surface area contributed by atoms with Gasteiger partial charge in [0.1, 0.15) is 5.75 Å². The van der Waals surface area contributed by atoms with Crippen molar-refractivity contribution in [2.75, 3.05) is 7.11 Å². The van der Waals surface area contributed by atoms with E-state index < -0.39 is 6.23 Å². The normalized spacial score (nSPS) is 20.9. The minimum atomic E-state index is -0.468. The predicted octanol–water partition coefficient (Wildman–Crippen LogP) is 0.699. The van der Waals surface area contributed by atoms with Crippen LogP contribution >= 0.6 is 0 Å². The highest BCUT2D eigenvalue weighted by Crippen LogP contribution is 2.34. The molecule has 0 saturated heterocycles. The van der Waals surface area contributed by atoms with E-state index in [1.165, 1.54) is 7.11 Å². The van der Waals surface area contributed by atoms with Crippen molar-refractivity contribution in [2.24, 2.45) is 11.5 Å². The number of benzene rings is 1. The van der Waals surface area contributed by atoms with Gasteiger partial charge >= 0.3 is 6.01 Å². The van der Waals surface area contributed by atoms with E-state index in [1.807, 2.05) is 18.2 Å². The molecule has 0 amide bonds. The molecule has 6 heteroatoms. The Kier molecular flexibility index (Phi) is 3.25. The van der Waals surface area contributed by atoms with E-state index in [-0.39, 0.29) is 6.04 Å². The van der Waals surface area contributed by atoms with Crippen molar-refractivity contribution in [3.63, 3.8) is 0 Å². The smallest absolute Gasteiger partial charge is 0.316 e. The molecule has 1 aromatic heterocycles. The fourth-order valence-corrected chi connectivity index (χ4v) is 2.30. The Balaban J connectivity index is 2.04. The van der Waals surface area contributed by atoms with Gasteiger partial charge in [0.25, 0.3) is 0 Å². The molecule has 0 spiro atoms. The van der Waals surface area contributed by atoms with Gasteiger partial charge in [0.2, 0.25) is 0 Å². The molecule has 1 unspecified atom stereocenters. The first-order valence-electron chi connectivity index (χ1n) is 6.35. The fraction of sp³-hybridized carbons (Fsp3) is 0.286. The Morgan fingerprint density at radius 2 is 2.00 bits per heavy atom. The standard InChI is InChI=1S/C14H16N4O2/c1-19-14-17-6-8(7-18-14)9-3-2-4-12-10(9)5-11(15)13(16)20-12/h2-4,6-7,11,13H,5,15-16H2,1H3/t11-,13?/m0/s1. The summed E-state index contributed by atoms with van der Waals surface area (Å²) in [5, 5.41) is 0. The van der Waals surface area contributed by atoms with Gasteiger partial charge in [-0.3, -0.25) is 5.73 Å². The summed E-state index contributed by atoms with van der Waals surface area (Å²) in [6, 6.07) is 5.93. The summed E-state index contributed by atoms with van der Waals surface area (Å²) < 4.78 is 10.6. The zero-order chi connectivity index (χ0) is 14.1. The number of nitrogens with two attached hydrogens (primary N) is 2. The van der Waals surface area contributed by atoms with Crippen molar-refractivity contribution >= 4 is 0 Å². The summed E-state index contributed by atoms with van der Waals surface area (Å²) in [6.07, 6.45) is 3.65. The molecule has 0 bridgehead atoms. The van der Waals surface area contributed by atoms with E-state index in [4.69, 9.17) is 20.9 Å². The van der Waals surface area contributed by atoms with Crippen LogP contribution in [0, 0.1) is 0 Å². The number of rotatable bonds is 2. The Bertz CT molecular complexity index is 615. The predicted molar refractivity (Wildman–Crippen MR) is 74.3 cm³/mol. The van der Waals surface area contributed by atoms with Crippen molar-refractivity contribution < 1.29 is 9.47 Å². The van der Waals surface area contributed by atoms with Crippen molar-refractivity contribution in [1.29, 1.82) is 0 Å². The van der Waals surface area contributed by atoms with Gasteiger partial charge < -0.3 is 15.2 Å². The highest BCUT2D eigenvalue weighted by molar-refractivity contribution is 5.69. The molecule has 0 aliphatic carbocycles. The molecule has 6 nitrogen and oxygen atoms in total. The molecule has 20 heavy (non-hydrogen) atoms. The first-order valence-corrected chi connectivity index (χ1v) is 6.35. The molecule has 2 atom stereocenters. The number of hydrogen-bond donors (Lipinski definition) is 2. The zero-order valence-electron chi connectivity index (χ0n) is 11.1. The van der Waals surface area contributed by atoms with Crippen LogP contribution in [0.15, 0.2) is 30.6 Å². The second kappa shape index (κ2) is 5.07. The van der Waals surface area contributed by atoms with E-state index >= 15 is 0 Å². The van der Waals surface area contributed by atoms with Crippen LogP contribution < -0.4 is 20.9 Å². The Morgan fingerprint density at radius 1 is 1.25 bits per heavy atom. The van der Waals surface area contributed by atoms with E-state index in [2.05, 4.69) is 9.97 Å². The molecule has 1 aliphatic heterocycles.